The van der Waals surface area contributed by atoms with E-state index in [1.807, 2.05) is 17.0 Å². The molecule has 2 aliphatic heterocycles. The smallest absolute Gasteiger partial charge is 0.251 e. The van der Waals surface area contributed by atoms with Crippen molar-refractivity contribution in [1.29, 1.82) is 0 Å². The molecule has 1 aromatic rings. The summed E-state index contributed by atoms with van der Waals surface area (Å²) < 4.78 is 11.0. The highest BCUT2D eigenvalue weighted by Crippen LogP contribution is 2.21. The lowest BCUT2D eigenvalue weighted by atomic mass is 10.1. The van der Waals surface area contributed by atoms with Crippen LogP contribution in [-0.4, -0.2) is 68.8 Å². The van der Waals surface area contributed by atoms with Crippen molar-refractivity contribution in [3.8, 4) is 5.75 Å². The Balaban J connectivity index is 0.00000280. The standard InChI is InChI=1S/C20H29N3O4.ClH/c1-26-13-10-22-19(24)15-4-2-5-17(14-15)27-16-7-11-23(12-8-16)20(25)18-6-3-9-21-18;/h2,4-5,14,16,18,21H,3,6-13H2,1H3,(H,22,24);1H/t18-;/m1./s1. The van der Waals surface area contributed by atoms with Crippen molar-refractivity contribution in [2.45, 2.75) is 37.8 Å². The highest BCUT2D eigenvalue weighted by Gasteiger charge is 2.30. The fourth-order valence-corrected chi connectivity index (χ4v) is 3.58. The third-order valence-electron chi connectivity index (χ3n) is 5.10. The first-order valence-electron chi connectivity index (χ1n) is 9.73. The molecule has 0 bridgehead atoms. The van der Waals surface area contributed by atoms with Crippen LogP contribution < -0.4 is 15.4 Å². The normalized spacial score (nSPS) is 19.8. The number of benzene rings is 1. The van der Waals surface area contributed by atoms with E-state index < -0.39 is 0 Å². The second-order valence-electron chi connectivity index (χ2n) is 7.07. The first-order chi connectivity index (χ1) is 13.2. The largest absolute Gasteiger partial charge is 0.490 e. The molecule has 8 heteroatoms. The van der Waals surface area contributed by atoms with Crippen LogP contribution in [0.5, 0.6) is 5.75 Å². The SMILES string of the molecule is COCCNC(=O)c1cccc(OC2CCN(C(=O)[C@H]3CCCN3)CC2)c1.Cl. The average molecular weight is 412 g/mol. The van der Waals surface area contributed by atoms with E-state index in [0.717, 1.165) is 45.3 Å². The monoisotopic (exact) mass is 411 g/mol. The summed E-state index contributed by atoms with van der Waals surface area (Å²) in [6.45, 7) is 3.33. The van der Waals surface area contributed by atoms with E-state index in [2.05, 4.69) is 10.6 Å². The summed E-state index contributed by atoms with van der Waals surface area (Å²) in [5.41, 5.74) is 0.573. The number of ether oxygens (including phenoxy) is 2. The topological polar surface area (TPSA) is 79.9 Å². The highest BCUT2D eigenvalue weighted by atomic mass is 35.5. The van der Waals surface area contributed by atoms with Crippen molar-refractivity contribution < 1.29 is 19.1 Å². The number of nitrogens with zero attached hydrogens (tertiary/aromatic N) is 1. The summed E-state index contributed by atoms with van der Waals surface area (Å²) >= 11 is 0. The zero-order valence-corrected chi connectivity index (χ0v) is 17.1. The Hall–Kier alpha value is -1.83. The Labute approximate surface area is 172 Å². The van der Waals surface area contributed by atoms with Gasteiger partial charge in [0.1, 0.15) is 11.9 Å². The number of piperidine rings is 1. The van der Waals surface area contributed by atoms with Gasteiger partial charge in [0.15, 0.2) is 0 Å². The van der Waals surface area contributed by atoms with Crippen LogP contribution in [0.15, 0.2) is 24.3 Å². The summed E-state index contributed by atoms with van der Waals surface area (Å²) in [7, 11) is 1.60. The molecule has 2 aliphatic rings. The molecular weight excluding hydrogens is 382 g/mol. The number of likely N-dealkylation sites (tertiary alicyclic amines) is 1. The minimum atomic E-state index is -0.137. The van der Waals surface area contributed by atoms with Crippen LogP contribution in [0.3, 0.4) is 0 Å². The van der Waals surface area contributed by atoms with Gasteiger partial charge in [-0.1, -0.05) is 6.07 Å². The van der Waals surface area contributed by atoms with Gasteiger partial charge in [-0.15, -0.1) is 12.4 Å². The first kappa shape index (κ1) is 22.5. The van der Waals surface area contributed by atoms with Crippen molar-refractivity contribution in [3.05, 3.63) is 29.8 Å². The average Bonchev–Trinajstić information content (AvgIpc) is 3.23. The maximum Gasteiger partial charge on any atom is 0.251 e. The molecule has 2 heterocycles. The number of hydrogen-bond donors (Lipinski definition) is 2. The summed E-state index contributed by atoms with van der Waals surface area (Å²) in [6, 6.07) is 7.22. The molecule has 0 aliphatic carbocycles. The van der Waals surface area contributed by atoms with Crippen LogP contribution in [0.1, 0.15) is 36.0 Å². The van der Waals surface area contributed by atoms with Crippen LogP contribution in [0.25, 0.3) is 0 Å². The van der Waals surface area contributed by atoms with Crippen molar-refractivity contribution in [1.82, 2.24) is 15.5 Å². The predicted octanol–water partition coefficient (Wildman–Crippen LogP) is 1.61. The minimum absolute atomic E-state index is 0. The van der Waals surface area contributed by atoms with Gasteiger partial charge in [-0.25, -0.2) is 0 Å². The highest BCUT2D eigenvalue weighted by molar-refractivity contribution is 5.94. The number of nitrogens with one attached hydrogen (secondary N) is 2. The van der Waals surface area contributed by atoms with Crippen molar-refractivity contribution in [2.24, 2.45) is 0 Å². The quantitative estimate of drug-likeness (QED) is 0.666. The van der Waals surface area contributed by atoms with E-state index in [0.29, 0.717) is 24.5 Å². The van der Waals surface area contributed by atoms with Gasteiger partial charge in [0.05, 0.1) is 12.6 Å². The summed E-state index contributed by atoms with van der Waals surface area (Å²) in [4.78, 5) is 26.5. The Morgan fingerprint density at radius 2 is 2.04 bits per heavy atom. The Kier molecular flexibility index (Phi) is 9.02. The second kappa shape index (κ2) is 11.2. The first-order valence-corrected chi connectivity index (χ1v) is 9.73. The van der Waals surface area contributed by atoms with E-state index in [1.54, 1.807) is 19.2 Å². The lowest BCUT2D eigenvalue weighted by molar-refractivity contribution is -0.134. The summed E-state index contributed by atoms with van der Waals surface area (Å²) in [5.74, 6) is 0.777. The molecular formula is C20H30ClN3O4. The van der Waals surface area contributed by atoms with Gasteiger partial charge in [-0.3, -0.25) is 9.59 Å². The van der Waals surface area contributed by atoms with Gasteiger partial charge in [0, 0.05) is 45.1 Å². The van der Waals surface area contributed by atoms with Gasteiger partial charge >= 0.3 is 0 Å². The molecule has 2 amide bonds. The number of methoxy groups -OCH3 is 1. The predicted molar refractivity (Wildman–Crippen MR) is 109 cm³/mol. The number of hydrogen-bond acceptors (Lipinski definition) is 5. The lowest BCUT2D eigenvalue weighted by Gasteiger charge is -2.33. The fraction of sp³-hybridized carbons (Fsp3) is 0.600. The molecule has 0 spiro atoms. The van der Waals surface area contributed by atoms with Gasteiger partial charge in [-0.05, 0) is 37.6 Å². The lowest BCUT2D eigenvalue weighted by Crippen LogP contribution is -2.48. The van der Waals surface area contributed by atoms with E-state index >= 15 is 0 Å². The van der Waals surface area contributed by atoms with Gasteiger partial charge < -0.3 is 25.0 Å². The third kappa shape index (κ3) is 6.09. The zero-order chi connectivity index (χ0) is 19.1. The molecule has 0 saturated carbocycles. The molecule has 0 aromatic heterocycles. The molecule has 1 atom stereocenters. The molecule has 3 rings (SSSR count). The molecule has 28 heavy (non-hydrogen) atoms. The number of halogens is 1. The number of rotatable bonds is 7. The number of amides is 2. The molecule has 7 nitrogen and oxygen atoms in total. The maximum atomic E-state index is 12.5. The minimum Gasteiger partial charge on any atom is -0.490 e. The van der Waals surface area contributed by atoms with Crippen molar-refractivity contribution in [2.75, 3.05) is 39.9 Å². The Bertz CT molecular complexity index is 644. The number of carbonyl (C=O) groups excluding carboxylic acids is 2. The van der Waals surface area contributed by atoms with Crippen molar-refractivity contribution >= 4 is 24.2 Å². The Morgan fingerprint density at radius 3 is 2.71 bits per heavy atom. The van der Waals surface area contributed by atoms with Crippen molar-refractivity contribution in [3.63, 3.8) is 0 Å². The van der Waals surface area contributed by atoms with E-state index in [9.17, 15) is 9.59 Å². The molecule has 0 unspecified atom stereocenters. The molecule has 2 fully saturated rings. The van der Waals surface area contributed by atoms with E-state index in [-0.39, 0.29) is 36.4 Å². The molecule has 2 saturated heterocycles. The molecule has 1 aromatic carbocycles. The third-order valence-corrected chi connectivity index (χ3v) is 5.10. The van der Waals surface area contributed by atoms with E-state index in [4.69, 9.17) is 9.47 Å². The second-order valence-corrected chi connectivity index (χ2v) is 7.07. The van der Waals surface area contributed by atoms with Crippen LogP contribution in [0, 0.1) is 0 Å². The zero-order valence-electron chi connectivity index (χ0n) is 16.3. The van der Waals surface area contributed by atoms with E-state index in [1.165, 1.54) is 0 Å². The van der Waals surface area contributed by atoms with Gasteiger partial charge in [0.2, 0.25) is 5.91 Å². The Morgan fingerprint density at radius 1 is 1.25 bits per heavy atom. The number of carbonyl (C=O) groups is 2. The summed E-state index contributed by atoms with van der Waals surface area (Å²) in [6.07, 6.45) is 3.70. The van der Waals surface area contributed by atoms with Gasteiger partial charge in [0.25, 0.3) is 5.91 Å². The van der Waals surface area contributed by atoms with Crippen LogP contribution in [0.4, 0.5) is 0 Å². The molecule has 0 radical (unpaired) electrons. The maximum absolute atomic E-state index is 12.5. The van der Waals surface area contributed by atoms with Gasteiger partial charge in [-0.2, -0.15) is 0 Å². The molecule has 2 N–H and O–H groups in total. The van der Waals surface area contributed by atoms with Crippen LogP contribution in [-0.2, 0) is 9.53 Å². The molecule has 156 valence electrons. The fourth-order valence-electron chi connectivity index (χ4n) is 3.58. The van der Waals surface area contributed by atoms with Crippen LogP contribution in [0.2, 0.25) is 0 Å². The summed E-state index contributed by atoms with van der Waals surface area (Å²) in [5, 5.41) is 6.08. The van der Waals surface area contributed by atoms with Crippen LogP contribution >= 0.6 is 12.4 Å².